The van der Waals surface area contributed by atoms with Crippen molar-refractivity contribution in [1.29, 1.82) is 0 Å². The van der Waals surface area contributed by atoms with E-state index in [2.05, 4.69) is 5.32 Å². The average molecular weight is 242 g/mol. The molecule has 0 bridgehead atoms. The largest absolute Gasteiger partial charge is 0.481 e. The van der Waals surface area contributed by atoms with Crippen LogP contribution in [0.25, 0.3) is 0 Å². The Bertz CT molecular complexity index is 329. The Kier molecular flexibility index (Phi) is 4.48. The Morgan fingerprint density at radius 2 is 2.00 bits per heavy atom. The molecular formula is C11H18N2O4. The molecule has 6 nitrogen and oxygen atoms in total. The van der Waals surface area contributed by atoms with E-state index in [0.29, 0.717) is 13.0 Å². The third kappa shape index (κ3) is 3.44. The number of amides is 2. The van der Waals surface area contributed by atoms with Crippen LogP contribution in [0.1, 0.15) is 19.8 Å². The fourth-order valence-electron chi connectivity index (χ4n) is 1.76. The van der Waals surface area contributed by atoms with Crippen molar-refractivity contribution < 1.29 is 19.5 Å². The van der Waals surface area contributed by atoms with E-state index >= 15 is 0 Å². The van der Waals surface area contributed by atoms with Crippen molar-refractivity contribution in [3.05, 3.63) is 0 Å². The Morgan fingerprint density at radius 3 is 2.41 bits per heavy atom. The molecule has 96 valence electrons. The first kappa shape index (κ1) is 13.5. The molecule has 1 aliphatic carbocycles. The number of carboxylic acids is 1. The van der Waals surface area contributed by atoms with Crippen molar-refractivity contribution in [2.24, 2.45) is 11.8 Å². The van der Waals surface area contributed by atoms with Gasteiger partial charge in [-0.15, -0.1) is 0 Å². The Hall–Kier alpha value is -1.59. The van der Waals surface area contributed by atoms with Gasteiger partial charge in [-0.25, -0.2) is 0 Å². The molecule has 1 aliphatic rings. The number of hydrogen-bond acceptors (Lipinski definition) is 3. The molecule has 17 heavy (non-hydrogen) atoms. The summed E-state index contributed by atoms with van der Waals surface area (Å²) in [6.45, 7) is 2.40. The van der Waals surface area contributed by atoms with Crippen LogP contribution in [0.4, 0.5) is 0 Å². The summed E-state index contributed by atoms with van der Waals surface area (Å²) in [4.78, 5) is 35.3. The van der Waals surface area contributed by atoms with Crippen LogP contribution >= 0.6 is 0 Å². The molecule has 1 fully saturated rings. The molecule has 1 saturated carbocycles. The van der Waals surface area contributed by atoms with Crippen molar-refractivity contribution in [3.63, 3.8) is 0 Å². The minimum atomic E-state index is -0.931. The summed E-state index contributed by atoms with van der Waals surface area (Å²) in [5, 5.41) is 11.2. The fourth-order valence-corrected chi connectivity index (χ4v) is 1.76. The summed E-state index contributed by atoms with van der Waals surface area (Å²) in [6.07, 6.45) is 1.13. The molecule has 2 unspecified atom stereocenters. The van der Waals surface area contributed by atoms with Gasteiger partial charge in [0, 0.05) is 13.6 Å². The van der Waals surface area contributed by atoms with Gasteiger partial charge in [-0.05, 0) is 12.8 Å². The molecule has 0 aliphatic heterocycles. The second-order valence-corrected chi connectivity index (χ2v) is 4.22. The first-order chi connectivity index (χ1) is 8.01. The highest BCUT2D eigenvalue weighted by atomic mass is 16.4. The van der Waals surface area contributed by atoms with E-state index in [1.807, 2.05) is 6.92 Å². The SMILES string of the molecule is CCCN(CC(=O)NC)C(=O)C1CC1C(=O)O. The average Bonchev–Trinajstić information content (AvgIpc) is 3.07. The maximum absolute atomic E-state index is 11.9. The molecular weight excluding hydrogens is 224 g/mol. The summed E-state index contributed by atoms with van der Waals surface area (Å²) in [6, 6.07) is 0. The predicted octanol–water partition coefficient (Wildman–Crippen LogP) is -0.308. The van der Waals surface area contributed by atoms with Crippen LogP contribution in [-0.2, 0) is 14.4 Å². The number of carbonyl (C=O) groups is 3. The molecule has 2 atom stereocenters. The molecule has 0 radical (unpaired) electrons. The molecule has 0 aromatic rings. The van der Waals surface area contributed by atoms with E-state index in [1.54, 1.807) is 0 Å². The van der Waals surface area contributed by atoms with Gasteiger partial charge in [-0.1, -0.05) is 6.92 Å². The standard InChI is InChI=1S/C11H18N2O4/c1-3-4-13(6-9(14)12-2)10(15)7-5-8(7)11(16)17/h7-8H,3-6H2,1-2H3,(H,12,14)(H,16,17). The van der Waals surface area contributed by atoms with Gasteiger partial charge in [0.1, 0.15) is 0 Å². The van der Waals surface area contributed by atoms with Crippen LogP contribution in [0.15, 0.2) is 0 Å². The number of rotatable bonds is 6. The van der Waals surface area contributed by atoms with Gasteiger partial charge < -0.3 is 15.3 Å². The highest BCUT2D eigenvalue weighted by Crippen LogP contribution is 2.40. The highest BCUT2D eigenvalue weighted by molar-refractivity contribution is 5.91. The van der Waals surface area contributed by atoms with Crippen molar-refractivity contribution in [2.45, 2.75) is 19.8 Å². The number of hydrogen-bond donors (Lipinski definition) is 2. The van der Waals surface area contributed by atoms with E-state index in [9.17, 15) is 14.4 Å². The van der Waals surface area contributed by atoms with Gasteiger partial charge in [-0.2, -0.15) is 0 Å². The number of aliphatic carboxylic acids is 1. The number of nitrogens with zero attached hydrogens (tertiary/aromatic N) is 1. The van der Waals surface area contributed by atoms with E-state index in [-0.39, 0.29) is 18.4 Å². The van der Waals surface area contributed by atoms with Crippen LogP contribution in [0.3, 0.4) is 0 Å². The molecule has 0 saturated heterocycles. The maximum atomic E-state index is 11.9. The van der Waals surface area contributed by atoms with Crippen LogP contribution in [-0.4, -0.2) is 47.9 Å². The van der Waals surface area contributed by atoms with Gasteiger partial charge in [0.2, 0.25) is 11.8 Å². The van der Waals surface area contributed by atoms with Gasteiger partial charge in [0.25, 0.3) is 0 Å². The van der Waals surface area contributed by atoms with E-state index in [4.69, 9.17) is 5.11 Å². The van der Waals surface area contributed by atoms with Gasteiger partial charge in [-0.3, -0.25) is 14.4 Å². The zero-order valence-electron chi connectivity index (χ0n) is 10.1. The summed E-state index contributed by atoms with van der Waals surface area (Å²) in [5.74, 6) is -2.39. The lowest BCUT2D eigenvalue weighted by Gasteiger charge is -2.21. The van der Waals surface area contributed by atoms with Gasteiger partial charge >= 0.3 is 5.97 Å². The summed E-state index contributed by atoms with van der Waals surface area (Å²) in [7, 11) is 1.51. The monoisotopic (exact) mass is 242 g/mol. The molecule has 0 spiro atoms. The van der Waals surface area contributed by atoms with Crippen molar-refractivity contribution in [2.75, 3.05) is 20.1 Å². The summed E-state index contributed by atoms with van der Waals surface area (Å²) in [5.41, 5.74) is 0. The summed E-state index contributed by atoms with van der Waals surface area (Å²) >= 11 is 0. The minimum absolute atomic E-state index is 0.00596. The normalized spacial score (nSPS) is 21.8. The number of likely N-dealkylation sites (N-methyl/N-ethyl adjacent to an activating group) is 1. The van der Waals surface area contributed by atoms with Crippen molar-refractivity contribution in [3.8, 4) is 0 Å². The zero-order chi connectivity index (χ0) is 13.0. The molecule has 0 heterocycles. The van der Waals surface area contributed by atoms with Gasteiger partial charge in [0.15, 0.2) is 0 Å². The Balaban J connectivity index is 2.56. The number of nitrogens with one attached hydrogen (secondary N) is 1. The highest BCUT2D eigenvalue weighted by Gasteiger charge is 2.49. The van der Waals surface area contributed by atoms with E-state index in [1.165, 1.54) is 11.9 Å². The van der Waals surface area contributed by atoms with Gasteiger partial charge in [0.05, 0.1) is 18.4 Å². The molecule has 1 rings (SSSR count). The quantitative estimate of drug-likeness (QED) is 0.669. The van der Waals surface area contributed by atoms with Crippen LogP contribution < -0.4 is 5.32 Å². The van der Waals surface area contributed by atoms with Crippen molar-refractivity contribution in [1.82, 2.24) is 10.2 Å². The topological polar surface area (TPSA) is 86.7 Å². The lowest BCUT2D eigenvalue weighted by Crippen LogP contribution is -2.41. The third-order valence-corrected chi connectivity index (χ3v) is 2.84. The van der Waals surface area contributed by atoms with Crippen LogP contribution in [0, 0.1) is 11.8 Å². The Labute approximate surface area is 100.0 Å². The first-order valence-electron chi connectivity index (χ1n) is 5.73. The van der Waals surface area contributed by atoms with E-state index < -0.39 is 17.8 Å². The molecule has 2 amide bonds. The van der Waals surface area contributed by atoms with Crippen LogP contribution in [0.5, 0.6) is 0 Å². The predicted molar refractivity (Wildman–Crippen MR) is 60.2 cm³/mol. The molecule has 6 heteroatoms. The second kappa shape index (κ2) is 5.65. The third-order valence-electron chi connectivity index (χ3n) is 2.84. The molecule has 0 aromatic heterocycles. The smallest absolute Gasteiger partial charge is 0.307 e. The Morgan fingerprint density at radius 1 is 1.35 bits per heavy atom. The maximum Gasteiger partial charge on any atom is 0.307 e. The second-order valence-electron chi connectivity index (χ2n) is 4.22. The number of carbonyl (C=O) groups excluding carboxylic acids is 2. The number of carboxylic acid groups (broad SMARTS) is 1. The fraction of sp³-hybridized carbons (Fsp3) is 0.727. The molecule has 0 aromatic carbocycles. The van der Waals surface area contributed by atoms with E-state index in [0.717, 1.165) is 6.42 Å². The lowest BCUT2D eigenvalue weighted by molar-refractivity contribution is -0.142. The minimum Gasteiger partial charge on any atom is -0.481 e. The van der Waals surface area contributed by atoms with Crippen LogP contribution in [0.2, 0.25) is 0 Å². The van der Waals surface area contributed by atoms with Crippen molar-refractivity contribution >= 4 is 17.8 Å². The summed E-state index contributed by atoms with van der Waals surface area (Å²) < 4.78 is 0. The lowest BCUT2D eigenvalue weighted by atomic mass is 10.2. The first-order valence-corrected chi connectivity index (χ1v) is 5.73. The zero-order valence-corrected chi connectivity index (χ0v) is 10.1. The molecule has 2 N–H and O–H groups in total.